The number of aromatic nitrogens is 1. The molecule has 3 rings (SSSR count). The Morgan fingerprint density at radius 2 is 1.84 bits per heavy atom. The lowest BCUT2D eigenvalue weighted by molar-refractivity contribution is 0.536. The summed E-state index contributed by atoms with van der Waals surface area (Å²) in [5.41, 5.74) is 2.16. The first-order valence-corrected chi connectivity index (χ1v) is 7.75. The molecule has 3 aromatic rings. The molecule has 2 aromatic carbocycles. The molecule has 5 heteroatoms. The molecule has 0 saturated carbocycles. The van der Waals surface area contributed by atoms with Crippen LogP contribution in [0.4, 0.5) is 10.3 Å². The van der Waals surface area contributed by atoms with Gasteiger partial charge in [0.15, 0.2) is 0 Å². The second-order valence-corrected chi connectivity index (χ2v) is 5.54. The predicted octanol–water partition coefficient (Wildman–Crippen LogP) is 4.49. The van der Waals surface area contributed by atoms with E-state index in [4.69, 9.17) is 4.42 Å². The standard InChI is InChI=1S/C20H16FN3O/c1-24(14-16-5-3-2-4-6-16)20-18(13-22)23-19(25-20)12-9-15-7-10-17(21)11-8-15/h2-12H,14H2,1H3. The van der Waals surface area contributed by atoms with Gasteiger partial charge in [-0.15, -0.1) is 0 Å². The molecule has 1 heterocycles. The van der Waals surface area contributed by atoms with Gasteiger partial charge in [-0.1, -0.05) is 42.5 Å². The fourth-order valence-corrected chi connectivity index (χ4v) is 2.40. The van der Waals surface area contributed by atoms with Crippen LogP contribution in [0.15, 0.2) is 59.0 Å². The molecule has 0 aliphatic heterocycles. The van der Waals surface area contributed by atoms with E-state index in [2.05, 4.69) is 11.1 Å². The second-order valence-electron chi connectivity index (χ2n) is 5.54. The highest BCUT2D eigenvalue weighted by molar-refractivity contribution is 5.67. The van der Waals surface area contributed by atoms with Crippen molar-refractivity contribution in [1.29, 1.82) is 5.26 Å². The molecule has 0 radical (unpaired) electrons. The molecule has 25 heavy (non-hydrogen) atoms. The van der Waals surface area contributed by atoms with Crippen molar-refractivity contribution in [1.82, 2.24) is 4.98 Å². The van der Waals surface area contributed by atoms with Gasteiger partial charge in [0.05, 0.1) is 0 Å². The molecule has 0 saturated heterocycles. The number of benzene rings is 2. The summed E-state index contributed by atoms with van der Waals surface area (Å²) in [4.78, 5) is 6.04. The Hall–Kier alpha value is -3.39. The summed E-state index contributed by atoms with van der Waals surface area (Å²) in [5.74, 6) is 0.464. The summed E-state index contributed by atoms with van der Waals surface area (Å²) < 4.78 is 18.6. The van der Waals surface area contributed by atoms with Crippen molar-refractivity contribution >= 4 is 18.0 Å². The average Bonchev–Trinajstić information content (AvgIpc) is 3.06. The van der Waals surface area contributed by atoms with Crippen LogP contribution < -0.4 is 4.90 Å². The summed E-state index contributed by atoms with van der Waals surface area (Å²) in [6, 6.07) is 18.0. The zero-order valence-electron chi connectivity index (χ0n) is 13.7. The van der Waals surface area contributed by atoms with E-state index in [0.29, 0.717) is 18.3 Å². The second kappa shape index (κ2) is 7.45. The lowest BCUT2D eigenvalue weighted by Gasteiger charge is -2.15. The molecule has 124 valence electrons. The van der Waals surface area contributed by atoms with Crippen LogP contribution in [0.1, 0.15) is 22.7 Å². The first-order valence-electron chi connectivity index (χ1n) is 7.75. The summed E-state index contributed by atoms with van der Waals surface area (Å²) >= 11 is 0. The smallest absolute Gasteiger partial charge is 0.235 e. The monoisotopic (exact) mass is 333 g/mol. The molecule has 0 unspecified atom stereocenters. The van der Waals surface area contributed by atoms with Gasteiger partial charge in [-0.2, -0.15) is 10.2 Å². The van der Waals surface area contributed by atoms with E-state index in [-0.39, 0.29) is 11.5 Å². The SMILES string of the molecule is CN(Cc1ccccc1)c1oc(C=Cc2ccc(F)cc2)nc1C#N. The highest BCUT2D eigenvalue weighted by Gasteiger charge is 2.16. The van der Waals surface area contributed by atoms with Crippen LogP contribution in [-0.4, -0.2) is 12.0 Å². The number of rotatable bonds is 5. The molecule has 0 aliphatic carbocycles. The van der Waals surface area contributed by atoms with E-state index in [9.17, 15) is 9.65 Å². The third kappa shape index (κ3) is 4.12. The number of nitriles is 1. The van der Waals surface area contributed by atoms with Crippen LogP contribution in [-0.2, 0) is 6.54 Å². The third-order valence-electron chi connectivity index (χ3n) is 3.63. The number of anilines is 1. The van der Waals surface area contributed by atoms with E-state index >= 15 is 0 Å². The minimum Gasteiger partial charge on any atom is -0.420 e. The first kappa shape index (κ1) is 16.5. The highest BCUT2D eigenvalue weighted by Crippen LogP contribution is 2.23. The summed E-state index contributed by atoms with van der Waals surface area (Å²) in [5, 5.41) is 9.30. The van der Waals surface area contributed by atoms with Crippen LogP contribution in [0.5, 0.6) is 0 Å². The molecule has 0 aliphatic rings. The maximum Gasteiger partial charge on any atom is 0.235 e. The van der Waals surface area contributed by atoms with E-state index in [1.54, 1.807) is 24.3 Å². The Morgan fingerprint density at radius 3 is 2.52 bits per heavy atom. The number of oxazole rings is 1. The lowest BCUT2D eigenvalue weighted by Crippen LogP contribution is -2.16. The van der Waals surface area contributed by atoms with Crippen LogP contribution in [0.2, 0.25) is 0 Å². The van der Waals surface area contributed by atoms with Crippen molar-refractivity contribution < 1.29 is 8.81 Å². The lowest BCUT2D eigenvalue weighted by atomic mass is 10.2. The zero-order chi connectivity index (χ0) is 17.6. The van der Waals surface area contributed by atoms with Gasteiger partial charge in [-0.05, 0) is 29.3 Å². The van der Waals surface area contributed by atoms with Crippen LogP contribution in [0.3, 0.4) is 0 Å². The first-order chi connectivity index (χ1) is 12.2. The molecular formula is C20H16FN3O. The van der Waals surface area contributed by atoms with Gasteiger partial charge in [0.2, 0.25) is 17.5 Å². The highest BCUT2D eigenvalue weighted by atomic mass is 19.1. The Morgan fingerprint density at radius 1 is 1.12 bits per heavy atom. The van der Waals surface area contributed by atoms with Gasteiger partial charge in [0.1, 0.15) is 11.9 Å². The predicted molar refractivity (Wildman–Crippen MR) is 95.1 cm³/mol. The number of hydrogen-bond donors (Lipinski definition) is 0. The molecule has 4 nitrogen and oxygen atoms in total. The van der Waals surface area contributed by atoms with Crippen molar-refractivity contribution in [3.8, 4) is 6.07 Å². The average molecular weight is 333 g/mol. The van der Waals surface area contributed by atoms with Crippen LogP contribution in [0.25, 0.3) is 12.2 Å². The summed E-state index contributed by atoms with van der Waals surface area (Å²) in [6.07, 6.45) is 3.42. The Kier molecular flexibility index (Phi) is 4.91. The van der Waals surface area contributed by atoms with Crippen LogP contribution in [0, 0.1) is 17.1 Å². The summed E-state index contributed by atoms with van der Waals surface area (Å²) in [6.45, 7) is 0.603. The van der Waals surface area contributed by atoms with E-state index in [1.165, 1.54) is 12.1 Å². The topological polar surface area (TPSA) is 53.1 Å². The normalized spacial score (nSPS) is 10.8. The van der Waals surface area contributed by atoms with Gasteiger partial charge in [-0.25, -0.2) is 4.39 Å². The number of hydrogen-bond acceptors (Lipinski definition) is 4. The largest absolute Gasteiger partial charge is 0.420 e. The van der Waals surface area contributed by atoms with E-state index < -0.39 is 0 Å². The Labute approximate surface area is 145 Å². The molecule has 1 aromatic heterocycles. The van der Waals surface area contributed by atoms with Crippen molar-refractivity contribution in [3.05, 3.63) is 83.1 Å². The molecule has 0 fully saturated rings. The van der Waals surface area contributed by atoms with Gasteiger partial charge >= 0.3 is 0 Å². The van der Waals surface area contributed by atoms with Crippen molar-refractivity contribution in [2.24, 2.45) is 0 Å². The minimum atomic E-state index is -0.287. The summed E-state index contributed by atoms with van der Waals surface area (Å²) in [7, 11) is 1.85. The molecule has 0 bridgehead atoms. The fourth-order valence-electron chi connectivity index (χ4n) is 2.40. The van der Waals surface area contributed by atoms with Gasteiger partial charge in [0, 0.05) is 19.7 Å². The van der Waals surface area contributed by atoms with Gasteiger partial charge in [-0.3, -0.25) is 0 Å². The fraction of sp³-hybridized carbons (Fsp3) is 0.100. The molecular weight excluding hydrogens is 317 g/mol. The maximum absolute atomic E-state index is 12.9. The molecule has 0 spiro atoms. The van der Waals surface area contributed by atoms with Crippen molar-refractivity contribution in [2.75, 3.05) is 11.9 Å². The van der Waals surface area contributed by atoms with Crippen LogP contribution >= 0.6 is 0 Å². The number of halogens is 1. The third-order valence-corrected chi connectivity index (χ3v) is 3.63. The zero-order valence-corrected chi connectivity index (χ0v) is 13.7. The number of nitrogens with zero attached hydrogens (tertiary/aromatic N) is 3. The minimum absolute atomic E-state index is 0.234. The van der Waals surface area contributed by atoms with Gasteiger partial charge < -0.3 is 9.32 Å². The van der Waals surface area contributed by atoms with E-state index in [1.807, 2.05) is 42.3 Å². The maximum atomic E-state index is 12.9. The Balaban J connectivity index is 1.79. The molecule has 0 atom stereocenters. The van der Waals surface area contributed by atoms with Crippen molar-refractivity contribution in [3.63, 3.8) is 0 Å². The van der Waals surface area contributed by atoms with Crippen molar-refractivity contribution in [2.45, 2.75) is 6.54 Å². The molecule has 0 N–H and O–H groups in total. The van der Waals surface area contributed by atoms with Gasteiger partial charge in [0.25, 0.3) is 0 Å². The Bertz CT molecular complexity index is 908. The quantitative estimate of drug-likeness (QED) is 0.690. The molecule has 0 amide bonds. The van der Waals surface area contributed by atoms with E-state index in [0.717, 1.165) is 11.1 Å².